The number of carbonyl (C=O) groups excluding carboxylic acids is 1. The molecule has 0 spiro atoms. The van der Waals surface area contributed by atoms with Crippen molar-refractivity contribution in [3.8, 4) is 0 Å². The van der Waals surface area contributed by atoms with E-state index >= 15 is 0 Å². The number of rotatable bonds is 5. The maximum Gasteiger partial charge on any atom is 0.235 e. The van der Waals surface area contributed by atoms with Crippen molar-refractivity contribution in [1.29, 1.82) is 0 Å². The molecule has 0 fully saturated rings. The maximum atomic E-state index is 11.0. The fourth-order valence-corrected chi connectivity index (χ4v) is 1.21. The summed E-state index contributed by atoms with van der Waals surface area (Å²) in [5, 5.41) is 2.57. The summed E-state index contributed by atoms with van der Waals surface area (Å²) in [5.74, 6) is -0.325. The molecule has 0 radical (unpaired) electrons. The van der Waals surface area contributed by atoms with E-state index in [1.54, 1.807) is 0 Å². The van der Waals surface area contributed by atoms with Crippen LogP contribution in [0.15, 0.2) is 0 Å². The fourth-order valence-electron chi connectivity index (χ4n) is 0.651. The van der Waals surface area contributed by atoms with Crippen molar-refractivity contribution in [2.75, 3.05) is 12.3 Å². The molecule has 0 aromatic heterocycles. The van der Waals surface area contributed by atoms with Crippen molar-refractivity contribution in [3.05, 3.63) is 0 Å². The molecule has 6 heteroatoms. The van der Waals surface area contributed by atoms with Gasteiger partial charge in [-0.2, -0.15) is 0 Å². The highest BCUT2D eigenvalue weighted by Gasteiger charge is 2.09. The second-order valence-corrected chi connectivity index (χ2v) is 5.04. The molecule has 1 amide bonds. The zero-order valence-corrected chi connectivity index (χ0v) is 8.94. The Balaban J connectivity index is 3.84. The highest BCUT2D eigenvalue weighted by Crippen LogP contribution is 1.82. The van der Waals surface area contributed by atoms with Crippen LogP contribution in [0.5, 0.6) is 0 Å². The van der Waals surface area contributed by atoms with E-state index in [0.29, 0.717) is 0 Å². The van der Waals surface area contributed by atoms with E-state index in [1.165, 1.54) is 6.92 Å². The van der Waals surface area contributed by atoms with Gasteiger partial charge in [0.25, 0.3) is 0 Å². The predicted octanol–water partition coefficient (Wildman–Crippen LogP) is -0.550. The Labute approximate surface area is 79.0 Å². The van der Waals surface area contributed by atoms with Crippen LogP contribution >= 0.6 is 0 Å². The number of amides is 1. The average Bonchev–Trinajstić information content (AvgIpc) is 2.00. The lowest BCUT2D eigenvalue weighted by atomic mass is 10.4. The molecule has 0 heterocycles. The normalized spacial score (nSPS) is 11.7. The lowest BCUT2D eigenvalue weighted by Gasteiger charge is -2.08. The first-order valence-electron chi connectivity index (χ1n) is 4.14. The Hall–Kier alpha value is -0.620. The summed E-state index contributed by atoms with van der Waals surface area (Å²) in [7, 11) is -3.26. The van der Waals surface area contributed by atoms with Crippen LogP contribution in [0.4, 0.5) is 0 Å². The van der Waals surface area contributed by atoms with Crippen molar-refractivity contribution < 1.29 is 13.2 Å². The van der Waals surface area contributed by atoms with Crippen LogP contribution < -0.4 is 10.0 Å². The minimum Gasteiger partial charge on any atom is -0.353 e. The van der Waals surface area contributed by atoms with E-state index in [1.807, 2.05) is 13.8 Å². The van der Waals surface area contributed by atoms with Crippen molar-refractivity contribution in [2.24, 2.45) is 0 Å². The van der Waals surface area contributed by atoms with E-state index < -0.39 is 10.0 Å². The quantitative estimate of drug-likeness (QED) is 0.636. The van der Waals surface area contributed by atoms with Gasteiger partial charge in [-0.1, -0.05) is 0 Å². The minimum absolute atomic E-state index is 0.0119. The zero-order valence-electron chi connectivity index (χ0n) is 8.12. The Bertz CT molecular complexity index is 259. The van der Waals surface area contributed by atoms with Gasteiger partial charge in [0, 0.05) is 6.04 Å². The first kappa shape index (κ1) is 12.4. The van der Waals surface area contributed by atoms with Gasteiger partial charge in [-0.05, 0) is 20.8 Å². The van der Waals surface area contributed by atoms with Gasteiger partial charge in [0.15, 0.2) is 0 Å². The second-order valence-electron chi connectivity index (χ2n) is 2.95. The molecule has 0 atom stereocenters. The lowest BCUT2D eigenvalue weighted by molar-refractivity contribution is -0.120. The standard InChI is InChI=1S/C7H16N2O3S/c1-4-13(11,12)8-5-7(10)9-6(2)3/h6,8H,4-5H2,1-3H3,(H,9,10). The van der Waals surface area contributed by atoms with Crippen LogP contribution in [-0.2, 0) is 14.8 Å². The van der Waals surface area contributed by atoms with Gasteiger partial charge in [-0.3, -0.25) is 4.79 Å². The van der Waals surface area contributed by atoms with Crippen molar-refractivity contribution in [3.63, 3.8) is 0 Å². The van der Waals surface area contributed by atoms with E-state index in [0.717, 1.165) is 0 Å². The second kappa shape index (κ2) is 5.18. The molecule has 2 N–H and O–H groups in total. The summed E-state index contributed by atoms with van der Waals surface area (Å²) >= 11 is 0. The highest BCUT2D eigenvalue weighted by molar-refractivity contribution is 7.89. The molecule has 0 saturated carbocycles. The SMILES string of the molecule is CCS(=O)(=O)NCC(=O)NC(C)C. The molecule has 0 aromatic carbocycles. The Morgan fingerprint density at radius 3 is 2.31 bits per heavy atom. The van der Waals surface area contributed by atoms with Crippen molar-refractivity contribution in [2.45, 2.75) is 26.8 Å². The molecule has 0 aliphatic carbocycles. The Morgan fingerprint density at radius 2 is 1.92 bits per heavy atom. The molecule has 13 heavy (non-hydrogen) atoms. The van der Waals surface area contributed by atoms with Crippen molar-refractivity contribution in [1.82, 2.24) is 10.0 Å². The average molecular weight is 208 g/mol. The van der Waals surface area contributed by atoms with Gasteiger partial charge >= 0.3 is 0 Å². The van der Waals surface area contributed by atoms with Crippen LogP contribution in [-0.4, -0.2) is 32.7 Å². The number of nitrogens with one attached hydrogen (secondary N) is 2. The third-order valence-electron chi connectivity index (χ3n) is 1.28. The highest BCUT2D eigenvalue weighted by atomic mass is 32.2. The van der Waals surface area contributed by atoms with E-state index in [4.69, 9.17) is 0 Å². The lowest BCUT2D eigenvalue weighted by Crippen LogP contribution is -2.40. The summed E-state index contributed by atoms with van der Waals surface area (Å²) in [6.45, 7) is 4.95. The Kier molecular flexibility index (Phi) is 4.94. The molecule has 5 nitrogen and oxygen atoms in total. The minimum atomic E-state index is -3.26. The van der Waals surface area contributed by atoms with Crippen LogP contribution in [0.1, 0.15) is 20.8 Å². The molecule has 0 saturated heterocycles. The van der Waals surface area contributed by atoms with Gasteiger partial charge in [-0.15, -0.1) is 0 Å². The largest absolute Gasteiger partial charge is 0.353 e. The predicted molar refractivity (Wildman–Crippen MR) is 50.7 cm³/mol. The topological polar surface area (TPSA) is 75.3 Å². The van der Waals surface area contributed by atoms with Gasteiger partial charge in [0.05, 0.1) is 12.3 Å². The summed E-state index contributed by atoms with van der Waals surface area (Å²) in [4.78, 5) is 11.0. The summed E-state index contributed by atoms with van der Waals surface area (Å²) < 4.78 is 24.0. The molecule has 78 valence electrons. The molecule has 0 bridgehead atoms. The van der Waals surface area contributed by atoms with Crippen LogP contribution in [0.2, 0.25) is 0 Å². The molecule has 0 aliphatic heterocycles. The van der Waals surface area contributed by atoms with E-state index in [9.17, 15) is 13.2 Å². The van der Waals surface area contributed by atoms with E-state index in [-0.39, 0.29) is 24.2 Å². The maximum absolute atomic E-state index is 11.0. The summed E-state index contributed by atoms with van der Waals surface area (Å²) in [6.07, 6.45) is 0. The molecular weight excluding hydrogens is 192 g/mol. The van der Waals surface area contributed by atoms with Crippen LogP contribution in [0, 0.1) is 0 Å². The third-order valence-corrected chi connectivity index (χ3v) is 2.63. The summed E-state index contributed by atoms with van der Waals surface area (Å²) in [6, 6.07) is 0.0265. The Morgan fingerprint density at radius 1 is 1.38 bits per heavy atom. The molecule has 0 rings (SSSR count). The van der Waals surface area contributed by atoms with Crippen LogP contribution in [0.3, 0.4) is 0 Å². The van der Waals surface area contributed by atoms with Crippen molar-refractivity contribution >= 4 is 15.9 Å². The molecular formula is C7H16N2O3S. The zero-order chi connectivity index (χ0) is 10.5. The summed E-state index contributed by atoms with van der Waals surface area (Å²) in [5.41, 5.74) is 0. The number of hydrogen-bond acceptors (Lipinski definition) is 3. The fraction of sp³-hybridized carbons (Fsp3) is 0.857. The van der Waals surface area contributed by atoms with E-state index in [2.05, 4.69) is 10.0 Å². The van der Waals surface area contributed by atoms with Gasteiger partial charge < -0.3 is 5.32 Å². The van der Waals surface area contributed by atoms with Crippen LogP contribution in [0.25, 0.3) is 0 Å². The first-order valence-corrected chi connectivity index (χ1v) is 5.79. The third kappa shape index (κ3) is 6.53. The van der Waals surface area contributed by atoms with Gasteiger partial charge in [0.2, 0.25) is 15.9 Å². The first-order chi connectivity index (χ1) is 5.87. The molecule has 0 aromatic rings. The number of hydrogen-bond donors (Lipinski definition) is 2. The molecule has 0 unspecified atom stereocenters. The smallest absolute Gasteiger partial charge is 0.235 e. The monoisotopic (exact) mass is 208 g/mol. The molecule has 0 aliphatic rings. The number of sulfonamides is 1. The van der Waals surface area contributed by atoms with Gasteiger partial charge in [0.1, 0.15) is 0 Å². The number of carbonyl (C=O) groups is 1. The van der Waals surface area contributed by atoms with Gasteiger partial charge in [-0.25, -0.2) is 13.1 Å².